The smallest absolute Gasteiger partial charge is 0.240 e. The lowest BCUT2D eigenvalue weighted by molar-refractivity contribution is 0.262. The fourth-order valence-electron chi connectivity index (χ4n) is 3.15. The zero-order chi connectivity index (χ0) is 18.6. The van der Waals surface area contributed by atoms with Crippen molar-refractivity contribution in [2.24, 2.45) is 0 Å². The third-order valence-electron chi connectivity index (χ3n) is 4.65. The predicted octanol–water partition coefficient (Wildman–Crippen LogP) is 2.75. The van der Waals surface area contributed by atoms with E-state index in [2.05, 4.69) is 26.7 Å². The van der Waals surface area contributed by atoms with Gasteiger partial charge in [0.25, 0.3) is 0 Å². The first-order valence-electron chi connectivity index (χ1n) is 8.74. The molecule has 3 rings (SSSR count). The van der Waals surface area contributed by atoms with Gasteiger partial charge < -0.3 is 4.90 Å². The number of halogens is 1. The maximum atomic E-state index is 12.5. The van der Waals surface area contributed by atoms with Gasteiger partial charge in [0, 0.05) is 50.0 Å². The minimum absolute atomic E-state index is 0.249. The molecule has 2 aromatic carbocycles. The molecule has 0 unspecified atom stereocenters. The molecule has 1 fully saturated rings. The van der Waals surface area contributed by atoms with Gasteiger partial charge in [0.2, 0.25) is 10.0 Å². The summed E-state index contributed by atoms with van der Waals surface area (Å²) in [5, 5.41) is 0.424. The van der Waals surface area contributed by atoms with Crippen molar-refractivity contribution in [1.82, 2.24) is 9.62 Å². The van der Waals surface area contributed by atoms with Gasteiger partial charge in [-0.3, -0.25) is 4.90 Å². The lowest BCUT2D eigenvalue weighted by Gasteiger charge is -2.36. The molecule has 140 valence electrons. The van der Waals surface area contributed by atoms with E-state index in [0.29, 0.717) is 23.7 Å². The van der Waals surface area contributed by atoms with Crippen LogP contribution in [0.4, 0.5) is 5.69 Å². The summed E-state index contributed by atoms with van der Waals surface area (Å²) in [4.78, 5) is 4.89. The number of anilines is 1. The van der Waals surface area contributed by atoms with Gasteiger partial charge >= 0.3 is 0 Å². The third-order valence-corrected chi connectivity index (χ3v) is 6.49. The summed E-state index contributed by atoms with van der Waals surface area (Å²) in [5.41, 5.74) is 1.93. The highest BCUT2D eigenvalue weighted by Crippen LogP contribution is 2.20. The molecule has 0 amide bonds. The molecule has 0 spiro atoms. The van der Waals surface area contributed by atoms with Crippen molar-refractivity contribution >= 4 is 27.3 Å². The summed E-state index contributed by atoms with van der Waals surface area (Å²) in [6.07, 6.45) is 0. The molecular weight excluding hydrogens is 370 g/mol. The Labute approximate surface area is 160 Å². The first kappa shape index (κ1) is 19.2. The number of rotatable bonds is 6. The highest BCUT2D eigenvalue weighted by molar-refractivity contribution is 7.89. The first-order valence-corrected chi connectivity index (χ1v) is 10.6. The zero-order valence-corrected chi connectivity index (χ0v) is 16.4. The van der Waals surface area contributed by atoms with Crippen LogP contribution in [0.2, 0.25) is 5.02 Å². The summed E-state index contributed by atoms with van der Waals surface area (Å²) in [5.74, 6) is 0. The van der Waals surface area contributed by atoms with Gasteiger partial charge in [0.05, 0.1) is 4.90 Å². The molecule has 26 heavy (non-hydrogen) atoms. The van der Waals surface area contributed by atoms with Gasteiger partial charge in [-0.15, -0.1) is 0 Å². The SMILES string of the molecule is Cc1ccc(Cl)cc1S(=O)(=O)NCCN1CCN(c2ccccc2)CC1. The van der Waals surface area contributed by atoms with Crippen LogP contribution in [0, 0.1) is 6.92 Å². The van der Waals surface area contributed by atoms with E-state index in [1.165, 1.54) is 11.8 Å². The van der Waals surface area contributed by atoms with Crippen LogP contribution in [0.15, 0.2) is 53.4 Å². The molecule has 7 heteroatoms. The number of piperazine rings is 1. The molecule has 2 aromatic rings. The van der Waals surface area contributed by atoms with Crippen molar-refractivity contribution in [2.45, 2.75) is 11.8 Å². The molecule has 0 saturated carbocycles. The fourth-order valence-corrected chi connectivity index (χ4v) is 4.67. The molecule has 1 heterocycles. The van der Waals surface area contributed by atoms with Crippen LogP contribution in [0.1, 0.15) is 5.56 Å². The second-order valence-electron chi connectivity index (χ2n) is 6.47. The lowest BCUT2D eigenvalue weighted by Crippen LogP contribution is -2.48. The minimum Gasteiger partial charge on any atom is -0.369 e. The zero-order valence-electron chi connectivity index (χ0n) is 14.9. The lowest BCUT2D eigenvalue weighted by atomic mass is 10.2. The molecule has 1 aliphatic heterocycles. The monoisotopic (exact) mass is 393 g/mol. The molecule has 0 aromatic heterocycles. The van der Waals surface area contributed by atoms with E-state index in [-0.39, 0.29) is 4.90 Å². The number of nitrogens with one attached hydrogen (secondary N) is 1. The van der Waals surface area contributed by atoms with Crippen LogP contribution >= 0.6 is 11.6 Å². The summed E-state index contributed by atoms with van der Waals surface area (Å²) >= 11 is 5.94. The predicted molar refractivity (Wildman–Crippen MR) is 106 cm³/mol. The highest BCUT2D eigenvalue weighted by atomic mass is 35.5. The Balaban J connectivity index is 1.49. The maximum Gasteiger partial charge on any atom is 0.240 e. The highest BCUT2D eigenvalue weighted by Gasteiger charge is 2.19. The van der Waals surface area contributed by atoms with Gasteiger partial charge in [-0.2, -0.15) is 0 Å². The Bertz CT molecular complexity index is 835. The van der Waals surface area contributed by atoms with Crippen LogP contribution in [0.5, 0.6) is 0 Å². The number of hydrogen-bond donors (Lipinski definition) is 1. The average molecular weight is 394 g/mol. The van der Waals surface area contributed by atoms with Crippen LogP contribution in [0.25, 0.3) is 0 Å². The average Bonchev–Trinajstić information content (AvgIpc) is 2.65. The molecule has 0 bridgehead atoms. The van der Waals surface area contributed by atoms with Crippen LogP contribution < -0.4 is 9.62 Å². The summed E-state index contributed by atoms with van der Waals surface area (Å²) in [6, 6.07) is 15.3. The van der Waals surface area contributed by atoms with E-state index in [1.807, 2.05) is 18.2 Å². The molecule has 1 saturated heterocycles. The number of aryl methyl sites for hydroxylation is 1. The largest absolute Gasteiger partial charge is 0.369 e. The van der Waals surface area contributed by atoms with Gasteiger partial charge in [0.15, 0.2) is 0 Å². The Hall–Kier alpha value is -1.60. The van der Waals surface area contributed by atoms with Crippen LogP contribution in [0.3, 0.4) is 0 Å². The Morgan fingerprint density at radius 1 is 1.04 bits per heavy atom. The van der Waals surface area contributed by atoms with Crippen molar-refractivity contribution in [3.63, 3.8) is 0 Å². The topological polar surface area (TPSA) is 52.7 Å². The normalized spacial score (nSPS) is 16.0. The summed E-state index contributed by atoms with van der Waals surface area (Å²) in [6.45, 7) is 6.60. The molecule has 1 N–H and O–H groups in total. The molecule has 1 aliphatic rings. The van der Waals surface area contributed by atoms with Gasteiger partial charge in [0.1, 0.15) is 0 Å². The number of nitrogens with zero attached hydrogens (tertiary/aromatic N) is 2. The van der Waals surface area contributed by atoms with E-state index in [0.717, 1.165) is 26.2 Å². The molecule has 0 atom stereocenters. The van der Waals surface area contributed by atoms with Crippen molar-refractivity contribution in [3.8, 4) is 0 Å². The summed E-state index contributed by atoms with van der Waals surface area (Å²) < 4.78 is 27.7. The van der Waals surface area contributed by atoms with Crippen molar-refractivity contribution in [2.75, 3.05) is 44.2 Å². The second-order valence-corrected chi connectivity index (χ2v) is 8.64. The van der Waals surface area contributed by atoms with Crippen molar-refractivity contribution in [3.05, 3.63) is 59.1 Å². The third kappa shape index (κ3) is 4.76. The van der Waals surface area contributed by atoms with E-state index >= 15 is 0 Å². The van der Waals surface area contributed by atoms with Crippen molar-refractivity contribution in [1.29, 1.82) is 0 Å². The Morgan fingerprint density at radius 3 is 2.42 bits per heavy atom. The van der Waals surface area contributed by atoms with E-state index in [4.69, 9.17) is 11.6 Å². The van der Waals surface area contributed by atoms with Crippen LogP contribution in [-0.2, 0) is 10.0 Å². The number of hydrogen-bond acceptors (Lipinski definition) is 4. The standard InChI is InChI=1S/C19H24ClN3O2S/c1-16-7-8-17(20)15-19(16)26(24,25)21-9-10-22-11-13-23(14-12-22)18-5-3-2-4-6-18/h2-8,15,21H,9-14H2,1H3. The Morgan fingerprint density at radius 2 is 1.73 bits per heavy atom. The van der Waals surface area contributed by atoms with Crippen LogP contribution in [-0.4, -0.2) is 52.6 Å². The van der Waals surface area contributed by atoms with Crippen molar-refractivity contribution < 1.29 is 8.42 Å². The fraction of sp³-hybridized carbons (Fsp3) is 0.368. The Kier molecular flexibility index (Phi) is 6.19. The van der Waals surface area contributed by atoms with Gasteiger partial charge in [-0.05, 0) is 36.8 Å². The second kappa shape index (κ2) is 8.39. The van der Waals surface area contributed by atoms with E-state index < -0.39 is 10.0 Å². The van der Waals surface area contributed by atoms with E-state index in [9.17, 15) is 8.42 Å². The van der Waals surface area contributed by atoms with Gasteiger partial charge in [-0.1, -0.05) is 35.9 Å². The molecule has 0 radical (unpaired) electrons. The molecule has 0 aliphatic carbocycles. The quantitative estimate of drug-likeness (QED) is 0.819. The minimum atomic E-state index is -3.54. The molecular formula is C19H24ClN3O2S. The summed E-state index contributed by atoms with van der Waals surface area (Å²) in [7, 11) is -3.54. The first-order chi connectivity index (χ1) is 12.5. The maximum absolute atomic E-state index is 12.5. The molecule has 5 nitrogen and oxygen atoms in total. The number of sulfonamides is 1. The number of para-hydroxylation sites is 1. The number of benzene rings is 2. The van der Waals surface area contributed by atoms with Gasteiger partial charge in [-0.25, -0.2) is 13.1 Å². The van der Waals surface area contributed by atoms with E-state index in [1.54, 1.807) is 19.1 Å².